The summed E-state index contributed by atoms with van der Waals surface area (Å²) in [5, 5.41) is 3.56. The summed E-state index contributed by atoms with van der Waals surface area (Å²) in [6.07, 6.45) is 2.85. The molecule has 3 nitrogen and oxygen atoms in total. The van der Waals surface area contributed by atoms with Crippen molar-refractivity contribution in [3.63, 3.8) is 0 Å². The molecule has 0 spiro atoms. The molecule has 1 aliphatic heterocycles. The highest BCUT2D eigenvalue weighted by Crippen LogP contribution is 2.10. The molecule has 1 aliphatic rings. The van der Waals surface area contributed by atoms with Gasteiger partial charge in [0.05, 0.1) is 12.7 Å². The van der Waals surface area contributed by atoms with Crippen LogP contribution in [-0.2, 0) is 4.74 Å². The molecule has 17 heavy (non-hydrogen) atoms. The standard InChI is InChI=1S/C14H30N2O/c1-5-14-11-16(8-9-17-14)13(4)10-15-7-6-12(2)3/h12-15H,5-11H2,1-4H3. The van der Waals surface area contributed by atoms with Gasteiger partial charge < -0.3 is 10.1 Å². The van der Waals surface area contributed by atoms with Gasteiger partial charge in [0.2, 0.25) is 0 Å². The second kappa shape index (κ2) is 8.06. The second-order valence-corrected chi connectivity index (χ2v) is 5.63. The van der Waals surface area contributed by atoms with Gasteiger partial charge in [-0.25, -0.2) is 0 Å². The van der Waals surface area contributed by atoms with Crippen molar-refractivity contribution in [2.75, 3.05) is 32.8 Å². The van der Waals surface area contributed by atoms with E-state index in [0.717, 1.165) is 45.1 Å². The lowest BCUT2D eigenvalue weighted by atomic mass is 10.1. The third-order valence-corrected chi connectivity index (χ3v) is 3.59. The Morgan fingerprint density at radius 1 is 1.35 bits per heavy atom. The molecule has 2 unspecified atom stereocenters. The van der Waals surface area contributed by atoms with E-state index in [1.54, 1.807) is 0 Å². The minimum absolute atomic E-state index is 0.446. The zero-order valence-corrected chi connectivity index (χ0v) is 12.0. The molecule has 1 heterocycles. The Labute approximate surface area is 107 Å². The van der Waals surface area contributed by atoms with E-state index in [2.05, 4.69) is 37.9 Å². The van der Waals surface area contributed by atoms with Crippen LogP contribution in [0.1, 0.15) is 40.5 Å². The van der Waals surface area contributed by atoms with Gasteiger partial charge in [0.1, 0.15) is 0 Å². The maximum Gasteiger partial charge on any atom is 0.0700 e. The molecule has 0 aromatic rings. The van der Waals surface area contributed by atoms with Crippen molar-refractivity contribution in [2.24, 2.45) is 5.92 Å². The van der Waals surface area contributed by atoms with Gasteiger partial charge in [0, 0.05) is 25.7 Å². The molecule has 0 saturated carbocycles. The first-order chi connectivity index (χ1) is 8.13. The van der Waals surface area contributed by atoms with E-state index < -0.39 is 0 Å². The fourth-order valence-corrected chi connectivity index (χ4v) is 2.22. The molecule has 0 amide bonds. The van der Waals surface area contributed by atoms with E-state index in [0.29, 0.717) is 12.1 Å². The van der Waals surface area contributed by atoms with Crippen LogP contribution < -0.4 is 5.32 Å². The quantitative estimate of drug-likeness (QED) is 0.692. The zero-order valence-electron chi connectivity index (χ0n) is 12.0. The zero-order chi connectivity index (χ0) is 12.7. The van der Waals surface area contributed by atoms with Crippen LogP contribution in [0.3, 0.4) is 0 Å². The summed E-state index contributed by atoms with van der Waals surface area (Å²) in [6, 6.07) is 0.625. The van der Waals surface area contributed by atoms with Crippen molar-refractivity contribution in [3.05, 3.63) is 0 Å². The van der Waals surface area contributed by atoms with Crippen LogP contribution in [0.4, 0.5) is 0 Å². The van der Waals surface area contributed by atoms with Crippen LogP contribution in [0.2, 0.25) is 0 Å². The average Bonchev–Trinajstić information content (AvgIpc) is 2.34. The number of nitrogens with one attached hydrogen (secondary N) is 1. The Hall–Kier alpha value is -0.120. The minimum atomic E-state index is 0.446. The van der Waals surface area contributed by atoms with Gasteiger partial charge in [-0.1, -0.05) is 20.8 Å². The smallest absolute Gasteiger partial charge is 0.0700 e. The molecule has 2 atom stereocenters. The maximum absolute atomic E-state index is 5.70. The Balaban J connectivity index is 2.15. The lowest BCUT2D eigenvalue weighted by Gasteiger charge is -2.36. The Morgan fingerprint density at radius 2 is 2.12 bits per heavy atom. The fraction of sp³-hybridized carbons (Fsp3) is 1.00. The van der Waals surface area contributed by atoms with Crippen LogP contribution in [0.25, 0.3) is 0 Å². The molecule has 102 valence electrons. The number of ether oxygens (including phenoxy) is 1. The summed E-state index contributed by atoms with van der Waals surface area (Å²) in [5.74, 6) is 0.797. The highest BCUT2D eigenvalue weighted by Gasteiger charge is 2.22. The molecule has 1 fully saturated rings. The largest absolute Gasteiger partial charge is 0.376 e. The predicted molar refractivity (Wildman–Crippen MR) is 73.4 cm³/mol. The average molecular weight is 242 g/mol. The number of nitrogens with zero attached hydrogens (tertiary/aromatic N) is 1. The molecule has 0 bridgehead atoms. The van der Waals surface area contributed by atoms with Crippen molar-refractivity contribution < 1.29 is 4.74 Å². The molecule has 3 heteroatoms. The van der Waals surface area contributed by atoms with Gasteiger partial charge >= 0.3 is 0 Å². The summed E-state index contributed by atoms with van der Waals surface area (Å²) in [7, 11) is 0. The van der Waals surface area contributed by atoms with E-state index in [1.165, 1.54) is 6.42 Å². The highest BCUT2D eigenvalue weighted by molar-refractivity contribution is 4.76. The van der Waals surface area contributed by atoms with Gasteiger partial charge in [0.15, 0.2) is 0 Å². The summed E-state index contributed by atoms with van der Waals surface area (Å²) >= 11 is 0. The van der Waals surface area contributed by atoms with E-state index in [1.807, 2.05) is 0 Å². The van der Waals surface area contributed by atoms with Gasteiger partial charge in [0.25, 0.3) is 0 Å². The monoisotopic (exact) mass is 242 g/mol. The molecular formula is C14H30N2O. The summed E-state index contributed by atoms with van der Waals surface area (Å²) in [6.45, 7) is 14.4. The van der Waals surface area contributed by atoms with Crippen LogP contribution in [0.15, 0.2) is 0 Å². The lowest BCUT2D eigenvalue weighted by molar-refractivity contribution is -0.0416. The molecule has 0 radical (unpaired) electrons. The summed E-state index contributed by atoms with van der Waals surface area (Å²) in [5.41, 5.74) is 0. The third kappa shape index (κ3) is 5.84. The van der Waals surface area contributed by atoms with Crippen molar-refractivity contribution >= 4 is 0 Å². The molecule has 0 aromatic heterocycles. The first-order valence-corrected chi connectivity index (χ1v) is 7.19. The van der Waals surface area contributed by atoms with Crippen LogP contribution in [0.5, 0.6) is 0 Å². The Bertz CT molecular complexity index is 197. The van der Waals surface area contributed by atoms with Gasteiger partial charge in [-0.2, -0.15) is 0 Å². The van der Waals surface area contributed by atoms with E-state index >= 15 is 0 Å². The Morgan fingerprint density at radius 3 is 2.76 bits per heavy atom. The lowest BCUT2D eigenvalue weighted by Crippen LogP contribution is -2.49. The molecule has 1 N–H and O–H groups in total. The van der Waals surface area contributed by atoms with Gasteiger partial charge in [-0.3, -0.25) is 4.90 Å². The molecule has 0 aliphatic carbocycles. The minimum Gasteiger partial charge on any atom is -0.376 e. The molecular weight excluding hydrogens is 212 g/mol. The molecule has 1 rings (SSSR count). The number of morpholine rings is 1. The number of hydrogen-bond donors (Lipinski definition) is 1. The van der Waals surface area contributed by atoms with Crippen LogP contribution >= 0.6 is 0 Å². The second-order valence-electron chi connectivity index (χ2n) is 5.63. The van der Waals surface area contributed by atoms with Crippen molar-refractivity contribution in [2.45, 2.75) is 52.7 Å². The Kier molecular flexibility index (Phi) is 7.09. The van der Waals surface area contributed by atoms with Crippen molar-refractivity contribution in [1.82, 2.24) is 10.2 Å². The van der Waals surface area contributed by atoms with E-state index in [4.69, 9.17) is 4.74 Å². The van der Waals surface area contributed by atoms with Crippen LogP contribution in [-0.4, -0.2) is 49.8 Å². The maximum atomic E-state index is 5.70. The number of rotatable bonds is 7. The fourth-order valence-electron chi connectivity index (χ4n) is 2.22. The molecule has 0 aromatic carbocycles. The predicted octanol–water partition coefficient (Wildman–Crippen LogP) is 2.12. The van der Waals surface area contributed by atoms with Crippen molar-refractivity contribution in [3.8, 4) is 0 Å². The van der Waals surface area contributed by atoms with E-state index in [-0.39, 0.29) is 0 Å². The first kappa shape index (κ1) is 14.9. The topological polar surface area (TPSA) is 24.5 Å². The number of hydrogen-bond acceptors (Lipinski definition) is 3. The normalized spacial score (nSPS) is 24.2. The highest BCUT2D eigenvalue weighted by atomic mass is 16.5. The van der Waals surface area contributed by atoms with Gasteiger partial charge in [-0.05, 0) is 32.2 Å². The van der Waals surface area contributed by atoms with Crippen molar-refractivity contribution in [1.29, 1.82) is 0 Å². The SMILES string of the molecule is CCC1CN(C(C)CNCCC(C)C)CCO1. The summed E-state index contributed by atoms with van der Waals surface area (Å²) in [4.78, 5) is 2.56. The molecule has 1 saturated heterocycles. The van der Waals surface area contributed by atoms with Crippen LogP contribution in [0, 0.1) is 5.92 Å². The third-order valence-electron chi connectivity index (χ3n) is 3.59. The first-order valence-electron chi connectivity index (χ1n) is 7.19. The van der Waals surface area contributed by atoms with Gasteiger partial charge in [-0.15, -0.1) is 0 Å². The summed E-state index contributed by atoms with van der Waals surface area (Å²) < 4.78 is 5.70. The van der Waals surface area contributed by atoms with E-state index in [9.17, 15) is 0 Å².